The molecule has 1 aliphatic heterocycles. The van der Waals surface area contributed by atoms with E-state index in [1.54, 1.807) is 0 Å². The number of rotatable bonds is 19. The highest BCUT2D eigenvalue weighted by Crippen LogP contribution is 2.34. The molecule has 9 nitrogen and oxygen atoms in total. The summed E-state index contributed by atoms with van der Waals surface area (Å²) in [5.74, 6) is 0.183. The van der Waals surface area contributed by atoms with Gasteiger partial charge in [0.2, 0.25) is 15.8 Å². The van der Waals surface area contributed by atoms with Gasteiger partial charge in [-0.3, -0.25) is 0 Å². The Hall–Kier alpha value is -2.83. The first-order valence-corrected chi connectivity index (χ1v) is 17.9. The Morgan fingerprint density at radius 3 is 2.52 bits per heavy atom. The van der Waals surface area contributed by atoms with E-state index in [2.05, 4.69) is 10.0 Å². The van der Waals surface area contributed by atoms with Crippen molar-refractivity contribution < 1.29 is 32.5 Å². The lowest BCUT2D eigenvalue weighted by molar-refractivity contribution is -0.180. The Balaban J connectivity index is 0.940. The Bertz CT molecular complexity index is 1510. The number of hydrogen-bond donors (Lipinski definition) is 3. The average molecular weight is 653 g/mol. The lowest BCUT2D eigenvalue weighted by Gasteiger charge is -2.33. The molecule has 1 aliphatic carbocycles. The summed E-state index contributed by atoms with van der Waals surface area (Å²) in [6.07, 6.45) is 5.30. The number of unbranched alkanes of at least 4 members (excludes halogenated alkanes) is 3. The predicted octanol–water partition coefficient (Wildman–Crippen LogP) is 5.86. The molecule has 1 heterocycles. The molecule has 1 saturated carbocycles. The van der Waals surface area contributed by atoms with Gasteiger partial charge in [0, 0.05) is 44.2 Å². The van der Waals surface area contributed by atoms with Crippen LogP contribution in [0.2, 0.25) is 0 Å². The van der Waals surface area contributed by atoms with Crippen LogP contribution in [0.3, 0.4) is 0 Å². The van der Waals surface area contributed by atoms with Gasteiger partial charge in [0.05, 0.1) is 37.4 Å². The first-order valence-electron chi connectivity index (χ1n) is 16.4. The van der Waals surface area contributed by atoms with Gasteiger partial charge >= 0.3 is 0 Å². The molecule has 0 amide bonds. The molecule has 1 atom stereocenters. The lowest BCUT2D eigenvalue weighted by atomic mass is 10.0. The van der Waals surface area contributed by atoms with Gasteiger partial charge in [0.15, 0.2) is 0 Å². The van der Waals surface area contributed by atoms with Gasteiger partial charge in [-0.05, 0) is 61.1 Å². The highest BCUT2D eigenvalue weighted by atomic mass is 32.2. The number of ether oxygens (including phenoxy) is 4. The Kier molecular flexibility index (Phi) is 12.2. The minimum absolute atomic E-state index is 0.0192. The molecule has 0 aromatic heterocycles. The Morgan fingerprint density at radius 2 is 1.72 bits per heavy atom. The molecule has 10 heteroatoms. The Morgan fingerprint density at radius 1 is 0.935 bits per heavy atom. The smallest absolute Gasteiger partial charge is 0.241 e. The quantitative estimate of drug-likeness (QED) is 0.138. The summed E-state index contributed by atoms with van der Waals surface area (Å²) in [4.78, 5) is 0.297. The van der Waals surface area contributed by atoms with Crippen molar-refractivity contribution in [2.75, 3.05) is 32.9 Å². The lowest BCUT2D eigenvalue weighted by Crippen LogP contribution is -2.35. The molecule has 3 N–H and O–H groups in total. The number of nitrogens with one attached hydrogen (secondary N) is 2. The van der Waals surface area contributed by atoms with E-state index in [9.17, 15) is 13.5 Å². The maximum atomic E-state index is 13.4. The van der Waals surface area contributed by atoms with E-state index in [0.29, 0.717) is 49.0 Å². The fraction of sp³-hybridized carbons (Fsp3) is 0.500. The van der Waals surface area contributed by atoms with Gasteiger partial charge < -0.3 is 29.4 Å². The average Bonchev–Trinajstić information content (AvgIpc) is 3.86. The number of fused-ring (bicyclic) bond motifs is 1. The topological polar surface area (TPSA) is 115 Å². The Labute approximate surface area is 273 Å². The fourth-order valence-corrected chi connectivity index (χ4v) is 7.21. The second-order valence-corrected chi connectivity index (χ2v) is 14.2. The third kappa shape index (κ3) is 10.1. The molecule has 0 unspecified atom stereocenters. The highest BCUT2D eigenvalue weighted by Gasteiger charge is 2.31. The van der Waals surface area contributed by atoms with Gasteiger partial charge in [0.1, 0.15) is 5.75 Å². The van der Waals surface area contributed by atoms with Gasteiger partial charge in [-0.15, -0.1) is 0 Å². The van der Waals surface area contributed by atoms with Crippen LogP contribution < -0.4 is 14.8 Å². The van der Waals surface area contributed by atoms with Crippen LogP contribution in [-0.2, 0) is 37.4 Å². The second kappa shape index (κ2) is 16.3. The minimum atomic E-state index is -3.68. The second-order valence-electron chi connectivity index (χ2n) is 12.5. The van der Waals surface area contributed by atoms with E-state index in [-0.39, 0.29) is 12.6 Å². The molecule has 46 heavy (non-hydrogen) atoms. The third-order valence-electron chi connectivity index (χ3n) is 8.11. The molecule has 0 bridgehead atoms. The summed E-state index contributed by atoms with van der Waals surface area (Å²) < 4.78 is 52.7. The van der Waals surface area contributed by atoms with Crippen LogP contribution in [0.4, 0.5) is 0 Å². The van der Waals surface area contributed by atoms with Crippen molar-refractivity contribution in [1.82, 2.24) is 10.0 Å². The normalized spacial score (nSPS) is 16.5. The summed E-state index contributed by atoms with van der Waals surface area (Å²) in [7, 11) is -3.68. The largest absolute Gasteiger partial charge is 0.463 e. The number of hydrogen-bond acceptors (Lipinski definition) is 8. The molecule has 5 rings (SSSR count). The first-order chi connectivity index (χ1) is 22.2. The van der Waals surface area contributed by atoms with Crippen LogP contribution in [-0.4, -0.2) is 58.3 Å². The van der Waals surface area contributed by atoms with Crippen molar-refractivity contribution >= 4 is 10.0 Å². The van der Waals surface area contributed by atoms with Crippen LogP contribution in [0.5, 0.6) is 5.75 Å². The summed E-state index contributed by atoms with van der Waals surface area (Å²) in [5, 5.41) is 13.9. The van der Waals surface area contributed by atoms with E-state index < -0.39 is 21.9 Å². The van der Waals surface area contributed by atoms with Crippen LogP contribution in [0.15, 0.2) is 71.6 Å². The molecule has 0 saturated heterocycles. The first kappa shape index (κ1) is 34.5. The van der Waals surface area contributed by atoms with E-state index >= 15 is 0 Å². The molecular formula is C36H48N2O7S. The zero-order chi connectivity index (χ0) is 32.4. The van der Waals surface area contributed by atoms with Crippen molar-refractivity contribution in [3.8, 4) is 16.9 Å². The van der Waals surface area contributed by atoms with E-state index in [0.717, 1.165) is 67.5 Å². The molecular weight excluding hydrogens is 604 g/mol. The predicted molar refractivity (Wildman–Crippen MR) is 178 cm³/mol. The summed E-state index contributed by atoms with van der Waals surface area (Å²) in [5.41, 5.74) is 4.00. The van der Waals surface area contributed by atoms with Crippen molar-refractivity contribution in [2.24, 2.45) is 0 Å². The molecule has 250 valence electrons. The van der Waals surface area contributed by atoms with E-state index in [1.807, 2.05) is 80.6 Å². The van der Waals surface area contributed by atoms with Crippen LogP contribution in [0.1, 0.15) is 75.2 Å². The monoisotopic (exact) mass is 652 g/mol. The fourth-order valence-electron chi connectivity index (χ4n) is 5.47. The zero-order valence-corrected chi connectivity index (χ0v) is 27.8. The molecule has 2 aliphatic rings. The van der Waals surface area contributed by atoms with Crippen LogP contribution in [0, 0.1) is 0 Å². The van der Waals surface area contributed by atoms with Crippen LogP contribution in [0.25, 0.3) is 11.1 Å². The van der Waals surface area contributed by atoms with Gasteiger partial charge in [-0.1, -0.05) is 67.4 Å². The van der Waals surface area contributed by atoms with E-state index in [4.69, 9.17) is 18.9 Å². The van der Waals surface area contributed by atoms with Crippen LogP contribution >= 0.6 is 0 Å². The third-order valence-corrected chi connectivity index (χ3v) is 9.77. The molecule has 1 fully saturated rings. The van der Waals surface area contributed by atoms with Gasteiger partial charge in [-0.2, -0.15) is 0 Å². The number of aliphatic hydroxyl groups is 1. The number of sulfonamides is 1. The molecule has 3 aromatic carbocycles. The van der Waals surface area contributed by atoms with Gasteiger partial charge in [-0.25, -0.2) is 13.1 Å². The summed E-state index contributed by atoms with van der Waals surface area (Å²) in [6, 6.07) is 21.0. The molecule has 3 aromatic rings. The van der Waals surface area contributed by atoms with Crippen molar-refractivity contribution in [2.45, 2.75) is 88.4 Å². The standard InChI is InChI=1S/C36H48N2O7S/c1-36(2)44-26-30-23-28(15-18-34(30)45-36)33(39)24-37-19-8-3-4-9-20-42-21-22-43-25-29-13-10-14-32(27-11-6-5-7-12-27)35(29)46(40,41)38-31-16-17-31/h5-7,10-15,18,23,31,33,37-39H,3-4,8-9,16-17,19-22,24-26H2,1-2H3/t33-/m0/s1. The van der Waals surface area contributed by atoms with Crippen molar-refractivity contribution in [3.05, 3.63) is 83.4 Å². The molecule has 0 radical (unpaired) electrons. The minimum Gasteiger partial charge on any atom is -0.463 e. The SMILES string of the molecule is CC1(C)OCc2cc([C@@H](O)CNCCCCCCOCCOCc3cccc(-c4ccccc4)c3S(=O)(=O)NC3CC3)ccc2O1. The summed E-state index contributed by atoms with van der Waals surface area (Å²) >= 11 is 0. The summed E-state index contributed by atoms with van der Waals surface area (Å²) in [6.45, 7) is 7.30. The maximum absolute atomic E-state index is 13.4. The van der Waals surface area contributed by atoms with Gasteiger partial charge in [0.25, 0.3) is 0 Å². The number of benzene rings is 3. The molecule has 0 spiro atoms. The van der Waals surface area contributed by atoms with E-state index in [1.165, 1.54) is 0 Å². The number of aliphatic hydroxyl groups excluding tert-OH is 1. The zero-order valence-electron chi connectivity index (χ0n) is 27.0. The van der Waals surface area contributed by atoms with Crippen molar-refractivity contribution in [3.63, 3.8) is 0 Å². The van der Waals surface area contributed by atoms with Crippen molar-refractivity contribution in [1.29, 1.82) is 0 Å². The highest BCUT2D eigenvalue weighted by molar-refractivity contribution is 7.89. The maximum Gasteiger partial charge on any atom is 0.241 e.